The van der Waals surface area contributed by atoms with Crippen molar-refractivity contribution in [2.24, 2.45) is 0 Å². The van der Waals surface area contributed by atoms with Crippen LogP contribution in [0.3, 0.4) is 0 Å². The first-order chi connectivity index (χ1) is 12.6. The number of hydrogen-bond donors (Lipinski definition) is 2. The van der Waals surface area contributed by atoms with Crippen molar-refractivity contribution in [3.8, 4) is 0 Å². The molecule has 144 valence electrons. The molecule has 0 fully saturated rings. The first-order valence-corrected chi connectivity index (χ1v) is 9.29. The minimum absolute atomic E-state index is 0.0974. The van der Waals surface area contributed by atoms with E-state index in [0.717, 1.165) is 6.07 Å². The second kappa shape index (κ2) is 8.14. The maximum absolute atomic E-state index is 12.7. The van der Waals surface area contributed by atoms with Gasteiger partial charge in [-0.2, -0.15) is 0 Å². The normalized spacial score (nSPS) is 11.1. The van der Waals surface area contributed by atoms with Crippen molar-refractivity contribution in [1.29, 1.82) is 0 Å². The average Bonchev–Trinajstić information content (AvgIpc) is 2.58. The summed E-state index contributed by atoms with van der Waals surface area (Å²) in [6.07, 6.45) is 0. The Morgan fingerprint density at radius 2 is 1.74 bits per heavy atom. The fourth-order valence-corrected chi connectivity index (χ4v) is 3.75. The minimum Gasteiger partial charge on any atom is -0.375 e. The molecule has 2 aromatic carbocycles. The van der Waals surface area contributed by atoms with Gasteiger partial charge in [-0.15, -0.1) is 0 Å². The highest BCUT2D eigenvalue weighted by atomic mass is 32.2. The number of rotatable bonds is 7. The van der Waals surface area contributed by atoms with E-state index in [9.17, 15) is 23.3 Å². The van der Waals surface area contributed by atoms with Crippen molar-refractivity contribution in [2.75, 3.05) is 23.8 Å². The van der Waals surface area contributed by atoms with E-state index in [1.54, 1.807) is 13.8 Å². The maximum atomic E-state index is 12.7. The van der Waals surface area contributed by atoms with Crippen LogP contribution >= 0.6 is 0 Å². The Morgan fingerprint density at radius 1 is 1.15 bits per heavy atom. The van der Waals surface area contributed by atoms with Crippen LogP contribution in [0.15, 0.2) is 41.3 Å². The van der Waals surface area contributed by atoms with Crippen molar-refractivity contribution < 1.29 is 22.9 Å². The third-order valence-corrected chi connectivity index (χ3v) is 5.31. The number of carbonyl (C=O) groups is 1. The lowest BCUT2D eigenvalue weighted by molar-refractivity contribution is -0.385. The van der Waals surface area contributed by atoms with E-state index in [0.29, 0.717) is 16.8 Å². The lowest BCUT2D eigenvalue weighted by Crippen LogP contribution is -2.17. The van der Waals surface area contributed by atoms with Gasteiger partial charge in [0.1, 0.15) is 6.61 Å². The highest BCUT2D eigenvalue weighted by molar-refractivity contribution is 7.92. The smallest absolute Gasteiger partial charge is 0.271 e. The molecule has 2 rings (SSSR count). The topological polar surface area (TPSA) is 128 Å². The Labute approximate surface area is 156 Å². The van der Waals surface area contributed by atoms with Gasteiger partial charge >= 0.3 is 0 Å². The number of anilines is 2. The van der Waals surface area contributed by atoms with E-state index in [1.807, 2.05) is 0 Å². The van der Waals surface area contributed by atoms with Crippen molar-refractivity contribution in [3.63, 3.8) is 0 Å². The third kappa shape index (κ3) is 5.02. The van der Waals surface area contributed by atoms with E-state index in [1.165, 1.54) is 37.4 Å². The molecule has 1 amide bonds. The van der Waals surface area contributed by atoms with Gasteiger partial charge in [-0.1, -0.05) is 0 Å². The molecule has 0 aromatic heterocycles. The number of non-ortho nitro benzene ring substituents is 1. The zero-order valence-corrected chi connectivity index (χ0v) is 15.8. The molecule has 9 nitrogen and oxygen atoms in total. The molecule has 0 aliphatic carbocycles. The van der Waals surface area contributed by atoms with Crippen LogP contribution < -0.4 is 10.0 Å². The molecule has 0 atom stereocenters. The molecular weight excluding hydrogens is 374 g/mol. The highest BCUT2D eigenvalue weighted by Gasteiger charge is 2.22. The molecule has 0 unspecified atom stereocenters. The number of sulfonamides is 1. The summed E-state index contributed by atoms with van der Waals surface area (Å²) in [5, 5.41) is 13.6. The van der Waals surface area contributed by atoms with Crippen molar-refractivity contribution in [1.82, 2.24) is 0 Å². The summed E-state index contributed by atoms with van der Waals surface area (Å²) in [6, 6.07) is 8.35. The summed E-state index contributed by atoms with van der Waals surface area (Å²) in [5.41, 5.74) is 1.36. The van der Waals surface area contributed by atoms with Crippen LogP contribution in [-0.4, -0.2) is 33.0 Å². The fraction of sp³-hybridized carbons (Fsp3) is 0.235. The minimum atomic E-state index is -4.03. The number of aryl methyl sites for hydroxylation is 1. The molecule has 10 heteroatoms. The molecule has 0 saturated heterocycles. The number of ether oxygens (including phenoxy) is 1. The second-order valence-corrected chi connectivity index (χ2v) is 7.46. The zero-order chi connectivity index (χ0) is 20.2. The zero-order valence-electron chi connectivity index (χ0n) is 15.0. The van der Waals surface area contributed by atoms with Crippen LogP contribution in [0.1, 0.15) is 11.1 Å². The lowest BCUT2D eigenvalue weighted by atomic mass is 10.1. The van der Waals surface area contributed by atoms with E-state index >= 15 is 0 Å². The number of amides is 1. The van der Waals surface area contributed by atoms with E-state index in [4.69, 9.17) is 4.74 Å². The maximum Gasteiger partial charge on any atom is 0.271 e. The first-order valence-electron chi connectivity index (χ1n) is 7.81. The molecule has 0 radical (unpaired) electrons. The number of methoxy groups -OCH3 is 1. The van der Waals surface area contributed by atoms with Gasteiger partial charge in [0, 0.05) is 30.6 Å². The van der Waals surface area contributed by atoms with Crippen molar-refractivity contribution in [2.45, 2.75) is 18.7 Å². The average molecular weight is 393 g/mol. The van der Waals surface area contributed by atoms with Gasteiger partial charge in [0.05, 0.1) is 9.82 Å². The number of nitro benzene ring substituents is 1. The summed E-state index contributed by atoms with van der Waals surface area (Å²) < 4.78 is 32.5. The summed E-state index contributed by atoms with van der Waals surface area (Å²) >= 11 is 0. The predicted molar refractivity (Wildman–Crippen MR) is 100 cm³/mol. The van der Waals surface area contributed by atoms with Crippen molar-refractivity contribution in [3.05, 3.63) is 57.6 Å². The van der Waals surface area contributed by atoms with Gasteiger partial charge in [0.15, 0.2) is 0 Å². The van der Waals surface area contributed by atoms with Gasteiger partial charge in [0.25, 0.3) is 15.7 Å². The van der Waals surface area contributed by atoms with E-state index < -0.39 is 14.9 Å². The first kappa shape index (κ1) is 20.3. The number of benzene rings is 2. The lowest BCUT2D eigenvalue weighted by Gasteiger charge is -2.12. The SMILES string of the molecule is COCC(=O)Nc1ccc(NS(=O)(=O)c2cc([N+](=O)[O-])cc(C)c2C)cc1. The summed E-state index contributed by atoms with van der Waals surface area (Å²) in [4.78, 5) is 21.7. The molecular formula is C17H19N3O6S. The van der Waals surface area contributed by atoms with Crippen LogP contribution in [0.4, 0.5) is 17.1 Å². The van der Waals surface area contributed by atoms with Crippen LogP contribution in [0.2, 0.25) is 0 Å². The Hall–Kier alpha value is -2.98. The van der Waals surface area contributed by atoms with Gasteiger partial charge in [-0.05, 0) is 49.2 Å². The molecule has 27 heavy (non-hydrogen) atoms. The van der Waals surface area contributed by atoms with Crippen LogP contribution in [-0.2, 0) is 19.6 Å². The molecule has 0 heterocycles. The predicted octanol–water partition coefficient (Wildman–Crippen LogP) is 2.60. The largest absolute Gasteiger partial charge is 0.375 e. The van der Waals surface area contributed by atoms with Gasteiger partial charge in [-0.3, -0.25) is 19.6 Å². The Balaban J connectivity index is 2.26. The number of nitrogens with zero attached hydrogens (tertiary/aromatic N) is 1. The van der Waals surface area contributed by atoms with Crippen LogP contribution in [0.5, 0.6) is 0 Å². The number of hydrogen-bond acceptors (Lipinski definition) is 6. The monoisotopic (exact) mass is 393 g/mol. The Bertz CT molecular complexity index is 971. The van der Waals surface area contributed by atoms with Crippen LogP contribution in [0.25, 0.3) is 0 Å². The molecule has 2 N–H and O–H groups in total. The summed E-state index contributed by atoms with van der Waals surface area (Å²) in [5.74, 6) is -0.339. The third-order valence-electron chi connectivity index (χ3n) is 3.80. The van der Waals surface area contributed by atoms with Gasteiger partial charge < -0.3 is 10.1 Å². The molecule has 0 aliphatic rings. The van der Waals surface area contributed by atoms with Gasteiger partial charge in [0.2, 0.25) is 5.91 Å². The summed E-state index contributed by atoms with van der Waals surface area (Å²) in [7, 11) is -2.63. The molecule has 0 bridgehead atoms. The van der Waals surface area contributed by atoms with Crippen molar-refractivity contribution >= 4 is 33.0 Å². The molecule has 0 saturated carbocycles. The van der Waals surface area contributed by atoms with E-state index in [2.05, 4.69) is 10.0 Å². The van der Waals surface area contributed by atoms with Gasteiger partial charge in [-0.25, -0.2) is 8.42 Å². The number of nitro groups is 1. The molecule has 0 spiro atoms. The fourth-order valence-electron chi connectivity index (χ4n) is 2.35. The van der Waals surface area contributed by atoms with Crippen LogP contribution in [0, 0.1) is 24.0 Å². The highest BCUT2D eigenvalue weighted by Crippen LogP contribution is 2.27. The van der Waals surface area contributed by atoms with E-state index in [-0.39, 0.29) is 28.8 Å². The second-order valence-electron chi connectivity index (χ2n) is 5.81. The molecule has 2 aromatic rings. The quantitative estimate of drug-likeness (QED) is 0.550. The summed E-state index contributed by atoms with van der Waals surface area (Å²) in [6.45, 7) is 3.10. The number of nitrogens with one attached hydrogen (secondary N) is 2. The number of carbonyl (C=O) groups excluding carboxylic acids is 1. The molecule has 0 aliphatic heterocycles. The standard InChI is InChI=1S/C17H19N3O6S/c1-11-8-15(20(22)23)9-16(12(11)2)27(24,25)19-14-6-4-13(5-7-14)18-17(21)10-26-3/h4-9,19H,10H2,1-3H3,(H,18,21). The Morgan fingerprint density at radius 3 is 2.30 bits per heavy atom. The Kier molecular flexibility index (Phi) is 6.13.